The van der Waals surface area contributed by atoms with Crippen molar-refractivity contribution in [2.24, 2.45) is 5.84 Å². The maximum atomic E-state index is 12.7. The van der Waals surface area contributed by atoms with E-state index in [4.69, 9.17) is 21.9 Å². The Morgan fingerprint density at radius 3 is 2.54 bits per heavy atom. The van der Waals surface area contributed by atoms with Crippen LogP contribution in [0.5, 0.6) is 0 Å². The van der Waals surface area contributed by atoms with Crippen molar-refractivity contribution in [2.45, 2.75) is 16.7 Å². The van der Waals surface area contributed by atoms with Crippen LogP contribution in [-0.2, 0) is 9.84 Å². The number of nitrogen functional groups attached to an aromatic ring is 1. The molecule has 0 aliphatic rings. The molecule has 0 atom stereocenters. The van der Waals surface area contributed by atoms with Gasteiger partial charge in [0.1, 0.15) is 5.58 Å². The molecule has 6 nitrogen and oxygen atoms in total. The first-order valence-corrected chi connectivity index (χ1v) is 8.75. The third-order valence-corrected chi connectivity index (χ3v) is 5.76. The third kappa shape index (κ3) is 2.77. The van der Waals surface area contributed by atoms with Gasteiger partial charge in [0.05, 0.1) is 10.6 Å². The highest BCUT2D eigenvalue weighted by Gasteiger charge is 2.24. The SMILES string of the molecule is Cc1ccc(S(=O)(=O)c2cc3ccc(NN)cc3oc2=O)cc1Cl. The molecule has 24 heavy (non-hydrogen) atoms. The lowest BCUT2D eigenvalue weighted by molar-refractivity contribution is 0.532. The van der Waals surface area contributed by atoms with Crippen LogP contribution in [0, 0.1) is 6.92 Å². The summed E-state index contributed by atoms with van der Waals surface area (Å²) < 4.78 is 30.6. The number of nitrogens with one attached hydrogen (secondary N) is 1. The highest BCUT2D eigenvalue weighted by molar-refractivity contribution is 7.91. The standard InChI is InChI=1S/C16H13ClN2O4S/c1-9-2-5-12(8-13(9)17)24(21,22)15-6-10-3-4-11(19-18)7-14(10)23-16(15)20/h2-8,19H,18H2,1H3. The van der Waals surface area contributed by atoms with E-state index in [0.29, 0.717) is 16.1 Å². The summed E-state index contributed by atoms with van der Waals surface area (Å²) in [6.45, 7) is 1.76. The van der Waals surface area contributed by atoms with Gasteiger partial charge in [0.2, 0.25) is 9.84 Å². The Kier molecular flexibility index (Phi) is 4.08. The van der Waals surface area contributed by atoms with Gasteiger partial charge in [-0.2, -0.15) is 0 Å². The van der Waals surface area contributed by atoms with Crippen molar-refractivity contribution in [3.8, 4) is 0 Å². The maximum absolute atomic E-state index is 12.7. The molecule has 0 fully saturated rings. The average molecular weight is 365 g/mol. The van der Waals surface area contributed by atoms with E-state index in [0.717, 1.165) is 5.56 Å². The monoisotopic (exact) mass is 364 g/mol. The zero-order valence-electron chi connectivity index (χ0n) is 12.5. The molecule has 3 aromatic rings. The molecule has 0 spiro atoms. The number of halogens is 1. The Morgan fingerprint density at radius 2 is 1.88 bits per heavy atom. The van der Waals surface area contributed by atoms with Crippen LogP contribution in [0.15, 0.2) is 61.5 Å². The Balaban J connectivity index is 2.22. The Morgan fingerprint density at radius 1 is 1.12 bits per heavy atom. The largest absolute Gasteiger partial charge is 0.422 e. The van der Waals surface area contributed by atoms with Crippen molar-refractivity contribution in [3.63, 3.8) is 0 Å². The molecule has 8 heteroatoms. The van der Waals surface area contributed by atoms with E-state index in [1.807, 2.05) is 0 Å². The van der Waals surface area contributed by atoms with Crippen LogP contribution in [0.25, 0.3) is 11.0 Å². The topological polar surface area (TPSA) is 102 Å². The van der Waals surface area contributed by atoms with Crippen LogP contribution in [0.1, 0.15) is 5.56 Å². The third-order valence-electron chi connectivity index (χ3n) is 3.61. The summed E-state index contributed by atoms with van der Waals surface area (Å²) in [6, 6.07) is 10.3. The van der Waals surface area contributed by atoms with Gasteiger partial charge in [0.15, 0.2) is 4.90 Å². The van der Waals surface area contributed by atoms with Gasteiger partial charge in [0, 0.05) is 16.5 Å². The number of benzene rings is 2. The number of sulfone groups is 1. The van der Waals surface area contributed by atoms with Crippen molar-refractivity contribution in [1.29, 1.82) is 0 Å². The average Bonchev–Trinajstić information content (AvgIpc) is 2.55. The first kappa shape index (κ1) is 16.5. The summed E-state index contributed by atoms with van der Waals surface area (Å²) in [6.07, 6.45) is 0. The van der Waals surface area contributed by atoms with Gasteiger partial charge in [0.25, 0.3) is 0 Å². The summed E-state index contributed by atoms with van der Waals surface area (Å²) in [7, 11) is -4.05. The fraction of sp³-hybridized carbons (Fsp3) is 0.0625. The minimum Gasteiger partial charge on any atom is -0.422 e. The normalized spacial score (nSPS) is 11.6. The number of hydrogen-bond donors (Lipinski definition) is 2. The molecule has 0 amide bonds. The molecule has 0 saturated heterocycles. The molecule has 0 aliphatic carbocycles. The van der Waals surface area contributed by atoms with Crippen molar-refractivity contribution in [3.05, 3.63) is 63.5 Å². The van der Waals surface area contributed by atoms with Crippen LogP contribution in [0.2, 0.25) is 5.02 Å². The van der Waals surface area contributed by atoms with E-state index in [1.165, 1.54) is 24.3 Å². The molecule has 0 aliphatic heterocycles. The number of hydrogen-bond acceptors (Lipinski definition) is 6. The minimum atomic E-state index is -4.05. The van der Waals surface area contributed by atoms with E-state index >= 15 is 0 Å². The quantitative estimate of drug-likeness (QED) is 0.421. The van der Waals surface area contributed by atoms with Crippen LogP contribution in [0.3, 0.4) is 0 Å². The summed E-state index contributed by atoms with van der Waals surface area (Å²) >= 11 is 5.99. The zero-order chi connectivity index (χ0) is 17.5. The number of rotatable bonds is 3. The van der Waals surface area contributed by atoms with E-state index in [9.17, 15) is 13.2 Å². The highest BCUT2D eigenvalue weighted by atomic mass is 35.5. The van der Waals surface area contributed by atoms with Gasteiger partial charge in [-0.3, -0.25) is 5.84 Å². The Labute approximate surface area is 142 Å². The lowest BCUT2D eigenvalue weighted by Gasteiger charge is -2.07. The first-order chi connectivity index (χ1) is 11.3. The fourth-order valence-corrected chi connectivity index (χ4v) is 3.80. The molecule has 0 radical (unpaired) electrons. The van der Waals surface area contributed by atoms with Gasteiger partial charge in [-0.1, -0.05) is 17.7 Å². The second-order valence-corrected chi connectivity index (χ2v) is 7.53. The van der Waals surface area contributed by atoms with E-state index in [2.05, 4.69) is 5.43 Å². The highest BCUT2D eigenvalue weighted by Crippen LogP contribution is 2.26. The van der Waals surface area contributed by atoms with Crippen LogP contribution < -0.4 is 16.9 Å². The lowest BCUT2D eigenvalue weighted by Crippen LogP contribution is -2.14. The second kappa shape index (κ2) is 5.94. The van der Waals surface area contributed by atoms with E-state index < -0.39 is 20.4 Å². The molecule has 124 valence electrons. The Hall–Kier alpha value is -2.35. The molecular weight excluding hydrogens is 352 g/mol. The number of anilines is 1. The van der Waals surface area contributed by atoms with Gasteiger partial charge in [-0.15, -0.1) is 0 Å². The minimum absolute atomic E-state index is 0.0648. The smallest absolute Gasteiger partial charge is 0.355 e. The number of hydrazine groups is 1. The van der Waals surface area contributed by atoms with E-state index in [1.54, 1.807) is 25.1 Å². The Bertz CT molecular complexity index is 1110. The second-order valence-electron chi connectivity index (χ2n) is 5.21. The molecule has 2 aromatic carbocycles. The van der Waals surface area contributed by atoms with Crippen LogP contribution in [-0.4, -0.2) is 8.42 Å². The molecule has 0 bridgehead atoms. The molecule has 1 aromatic heterocycles. The van der Waals surface area contributed by atoms with Gasteiger partial charge < -0.3 is 9.84 Å². The van der Waals surface area contributed by atoms with Crippen molar-refractivity contribution < 1.29 is 12.8 Å². The van der Waals surface area contributed by atoms with Gasteiger partial charge in [-0.25, -0.2) is 13.2 Å². The molecule has 1 heterocycles. The van der Waals surface area contributed by atoms with Crippen LogP contribution in [0.4, 0.5) is 5.69 Å². The molecule has 3 N–H and O–H groups in total. The predicted molar refractivity (Wildman–Crippen MR) is 91.9 cm³/mol. The van der Waals surface area contributed by atoms with Crippen molar-refractivity contribution >= 4 is 38.1 Å². The summed E-state index contributed by atoms with van der Waals surface area (Å²) in [5, 5.41) is 0.769. The number of nitrogens with two attached hydrogens (primary N) is 1. The molecule has 0 unspecified atom stereocenters. The van der Waals surface area contributed by atoms with Crippen molar-refractivity contribution in [1.82, 2.24) is 0 Å². The number of aryl methyl sites for hydroxylation is 1. The summed E-state index contributed by atoms with van der Waals surface area (Å²) in [5.41, 5.74) is 2.98. The van der Waals surface area contributed by atoms with Gasteiger partial charge in [-0.05, 0) is 42.8 Å². The van der Waals surface area contributed by atoms with E-state index in [-0.39, 0.29) is 10.5 Å². The molecular formula is C16H13ClN2O4S. The fourth-order valence-electron chi connectivity index (χ4n) is 2.24. The van der Waals surface area contributed by atoms with Gasteiger partial charge >= 0.3 is 5.63 Å². The molecule has 0 saturated carbocycles. The summed E-state index contributed by atoms with van der Waals surface area (Å²) in [5.74, 6) is 5.30. The predicted octanol–water partition coefficient (Wildman–Crippen LogP) is 2.87. The molecule has 3 rings (SSSR count). The number of fused-ring (bicyclic) bond motifs is 1. The van der Waals surface area contributed by atoms with Crippen molar-refractivity contribution in [2.75, 3.05) is 5.43 Å². The summed E-state index contributed by atoms with van der Waals surface area (Å²) in [4.78, 5) is 11.7. The first-order valence-electron chi connectivity index (χ1n) is 6.89. The van der Waals surface area contributed by atoms with Crippen LogP contribution >= 0.6 is 11.6 Å². The lowest BCUT2D eigenvalue weighted by atomic mass is 10.2. The maximum Gasteiger partial charge on any atom is 0.355 e. The zero-order valence-corrected chi connectivity index (χ0v) is 14.1.